The van der Waals surface area contributed by atoms with Gasteiger partial charge in [-0.25, -0.2) is 0 Å². The Kier molecular flexibility index (Phi) is 5.62. The molecule has 0 atom stereocenters. The average molecular weight is 325 g/mol. The number of rotatable bonds is 5. The van der Waals surface area contributed by atoms with E-state index in [1.54, 1.807) is 6.20 Å². The van der Waals surface area contributed by atoms with Crippen LogP contribution in [0.1, 0.15) is 63.9 Å². The zero-order valence-electron chi connectivity index (χ0n) is 14.6. The van der Waals surface area contributed by atoms with E-state index in [4.69, 9.17) is 0 Å². The Morgan fingerprint density at radius 2 is 1.79 bits per heavy atom. The maximum absolute atomic E-state index is 4.60. The Hall–Kier alpha value is -2.17. The number of para-hydroxylation sites is 1. The summed E-state index contributed by atoms with van der Waals surface area (Å²) >= 11 is 0. The van der Waals surface area contributed by atoms with Crippen LogP contribution in [0.4, 0.5) is 17.5 Å². The van der Waals surface area contributed by atoms with Crippen LogP contribution in [-0.4, -0.2) is 21.2 Å². The van der Waals surface area contributed by atoms with Crippen molar-refractivity contribution in [2.75, 3.05) is 10.6 Å². The molecule has 1 aromatic carbocycles. The lowest BCUT2D eigenvalue weighted by molar-refractivity contribution is 0.613. The number of nitrogens with one attached hydrogen (secondary N) is 2. The first-order valence-corrected chi connectivity index (χ1v) is 9.04. The third-order valence-corrected chi connectivity index (χ3v) is 4.59. The molecule has 3 rings (SSSR count). The average Bonchev–Trinajstić information content (AvgIpc) is 2.84. The minimum atomic E-state index is 0.451. The van der Waals surface area contributed by atoms with Crippen LogP contribution < -0.4 is 10.6 Å². The highest BCUT2D eigenvalue weighted by molar-refractivity contribution is 5.61. The van der Waals surface area contributed by atoms with Gasteiger partial charge in [-0.15, -0.1) is 5.10 Å². The lowest BCUT2D eigenvalue weighted by Gasteiger charge is -2.17. The van der Waals surface area contributed by atoms with Crippen molar-refractivity contribution in [2.24, 2.45) is 0 Å². The highest BCUT2D eigenvalue weighted by atomic mass is 15.3. The smallest absolute Gasteiger partial charge is 0.244 e. The van der Waals surface area contributed by atoms with Crippen molar-refractivity contribution in [1.29, 1.82) is 0 Å². The van der Waals surface area contributed by atoms with Gasteiger partial charge in [0.25, 0.3) is 0 Å². The van der Waals surface area contributed by atoms with E-state index in [0.717, 1.165) is 11.5 Å². The fourth-order valence-corrected chi connectivity index (χ4v) is 3.28. The first-order valence-electron chi connectivity index (χ1n) is 9.04. The summed E-state index contributed by atoms with van der Waals surface area (Å²) < 4.78 is 0. The summed E-state index contributed by atoms with van der Waals surface area (Å²) in [7, 11) is 0. The fourth-order valence-electron chi connectivity index (χ4n) is 3.28. The molecule has 1 fully saturated rings. The van der Waals surface area contributed by atoms with Gasteiger partial charge in [-0.1, -0.05) is 57.7 Å². The normalized spacial score (nSPS) is 16.0. The number of benzene rings is 1. The van der Waals surface area contributed by atoms with Gasteiger partial charge < -0.3 is 10.6 Å². The van der Waals surface area contributed by atoms with E-state index in [0.29, 0.717) is 17.9 Å². The molecule has 24 heavy (non-hydrogen) atoms. The molecule has 0 radical (unpaired) electrons. The van der Waals surface area contributed by atoms with Gasteiger partial charge in [-0.3, -0.25) is 0 Å². The molecule has 0 aliphatic heterocycles. The molecule has 1 aliphatic carbocycles. The van der Waals surface area contributed by atoms with E-state index in [-0.39, 0.29) is 0 Å². The quantitative estimate of drug-likeness (QED) is 0.768. The number of nitrogens with zero attached hydrogens (tertiary/aromatic N) is 3. The summed E-state index contributed by atoms with van der Waals surface area (Å²) in [6, 6.07) is 8.79. The summed E-state index contributed by atoms with van der Waals surface area (Å²) in [6.45, 7) is 4.38. The van der Waals surface area contributed by atoms with E-state index in [1.165, 1.54) is 44.1 Å². The molecule has 1 aliphatic rings. The molecule has 2 aromatic rings. The van der Waals surface area contributed by atoms with Gasteiger partial charge in [0.2, 0.25) is 5.95 Å². The molecule has 1 saturated carbocycles. The summed E-state index contributed by atoms with van der Waals surface area (Å²) in [5.74, 6) is 1.80. The lowest BCUT2D eigenvalue weighted by atomic mass is 10.0. The molecule has 1 aromatic heterocycles. The zero-order chi connectivity index (χ0) is 16.8. The van der Waals surface area contributed by atoms with Crippen LogP contribution in [0.3, 0.4) is 0 Å². The minimum absolute atomic E-state index is 0.451. The van der Waals surface area contributed by atoms with Crippen LogP contribution in [0.2, 0.25) is 0 Å². The summed E-state index contributed by atoms with van der Waals surface area (Å²) in [5, 5.41) is 15.1. The monoisotopic (exact) mass is 325 g/mol. The molecule has 0 amide bonds. The SMILES string of the molecule is CC(C)c1ccccc1Nc1cnnc(NC2CCCCCC2)n1. The number of anilines is 3. The van der Waals surface area contributed by atoms with E-state index >= 15 is 0 Å². The molecule has 1 heterocycles. The van der Waals surface area contributed by atoms with Crippen molar-refractivity contribution < 1.29 is 0 Å². The van der Waals surface area contributed by atoms with E-state index in [1.807, 2.05) is 6.07 Å². The molecule has 0 bridgehead atoms. The van der Waals surface area contributed by atoms with Crippen LogP contribution in [0.5, 0.6) is 0 Å². The summed E-state index contributed by atoms with van der Waals surface area (Å²) in [5.41, 5.74) is 2.35. The van der Waals surface area contributed by atoms with Crippen molar-refractivity contribution in [3.05, 3.63) is 36.0 Å². The van der Waals surface area contributed by atoms with Crippen molar-refractivity contribution in [1.82, 2.24) is 15.2 Å². The third kappa shape index (κ3) is 4.43. The second kappa shape index (κ2) is 8.08. The third-order valence-electron chi connectivity index (χ3n) is 4.59. The Labute approximate surface area is 144 Å². The van der Waals surface area contributed by atoms with Gasteiger partial charge in [-0.2, -0.15) is 10.1 Å². The molecule has 2 N–H and O–H groups in total. The number of hydrogen-bond acceptors (Lipinski definition) is 5. The highest BCUT2D eigenvalue weighted by Gasteiger charge is 2.14. The molecule has 128 valence electrons. The van der Waals surface area contributed by atoms with Crippen molar-refractivity contribution in [3.8, 4) is 0 Å². The summed E-state index contributed by atoms with van der Waals surface area (Å²) in [6.07, 6.45) is 9.30. The second-order valence-corrected chi connectivity index (χ2v) is 6.86. The van der Waals surface area contributed by atoms with E-state index in [9.17, 15) is 0 Å². The largest absolute Gasteiger partial charge is 0.350 e. The van der Waals surface area contributed by atoms with Crippen LogP contribution >= 0.6 is 0 Å². The van der Waals surface area contributed by atoms with Gasteiger partial charge in [0, 0.05) is 11.7 Å². The molecular formula is C19H27N5. The number of aromatic nitrogens is 3. The molecule has 0 saturated heterocycles. The standard InChI is InChI=1S/C19H27N5/c1-14(2)16-11-7-8-12-17(16)22-18-13-20-24-19(23-18)21-15-9-5-3-4-6-10-15/h7-8,11-15H,3-6,9-10H2,1-2H3,(H2,21,22,23,24). The Bertz CT molecular complexity index is 648. The highest BCUT2D eigenvalue weighted by Crippen LogP contribution is 2.26. The molecule has 5 nitrogen and oxygen atoms in total. The lowest BCUT2D eigenvalue weighted by Crippen LogP contribution is -2.20. The van der Waals surface area contributed by atoms with Crippen LogP contribution in [0.25, 0.3) is 0 Å². The Balaban J connectivity index is 1.71. The first kappa shape index (κ1) is 16.7. The predicted molar refractivity (Wildman–Crippen MR) is 98.8 cm³/mol. The Morgan fingerprint density at radius 3 is 2.54 bits per heavy atom. The van der Waals surface area contributed by atoms with Gasteiger partial charge in [-0.05, 0) is 30.4 Å². The van der Waals surface area contributed by atoms with Crippen molar-refractivity contribution >= 4 is 17.5 Å². The molecule has 0 spiro atoms. The van der Waals surface area contributed by atoms with Crippen molar-refractivity contribution in [3.63, 3.8) is 0 Å². The topological polar surface area (TPSA) is 62.7 Å². The maximum atomic E-state index is 4.60. The fraction of sp³-hybridized carbons (Fsp3) is 0.526. The van der Waals surface area contributed by atoms with E-state index < -0.39 is 0 Å². The maximum Gasteiger partial charge on any atom is 0.244 e. The molecular weight excluding hydrogens is 298 g/mol. The minimum Gasteiger partial charge on any atom is -0.350 e. The zero-order valence-corrected chi connectivity index (χ0v) is 14.6. The second-order valence-electron chi connectivity index (χ2n) is 6.86. The molecule has 5 heteroatoms. The summed E-state index contributed by atoms with van der Waals surface area (Å²) in [4.78, 5) is 4.60. The number of hydrogen-bond donors (Lipinski definition) is 2. The molecule has 0 unspecified atom stereocenters. The van der Waals surface area contributed by atoms with Gasteiger partial charge in [0.15, 0.2) is 5.82 Å². The van der Waals surface area contributed by atoms with Crippen LogP contribution in [0.15, 0.2) is 30.5 Å². The van der Waals surface area contributed by atoms with E-state index in [2.05, 4.69) is 57.9 Å². The van der Waals surface area contributed by atoms with Crippen LogP contribution in [-0.2, 0) is 0 Å². The van der Waals surface area contributed by atoms with Crippen LogP contribution in [0, 0.1) is 0 Å². The van der Waals surface area contributed by atoms with Gasteiger partial charge in [0.1, 0.15) is 0 Å². The Morgan fingerprint density at radius 1 is 1.04 bits per heavy atom. The van der Waals surface area contributed by atoms with Gasteiger partial charge >= 0.3 is 0 Å². The van der Waals surface area contributed by atoms with Gasteiger partial charge in [0.05, 0.1) is 6.20 Å². The predicted octanol–water partition coefficient (Wildman–Crippen LogP) is 4.87. The van der Waals surface area contributed by atoms with Crippen molar-refractivity contribution in [2.45, 2.75) is 64.3 Å². The first-order chi connectivity index (χ1) is 11.7.